The molecule has 0 heterocycles. The van der Waals surface area contributed by atoms with Crippen molar-refractivity contribution in [3.63, 3.8) is 0 Å². The van der Waals surface area contributed by atoms with E-state index >= 15 is 0 Å². The first-order valence-corrected chi connectivity index (χ1v) is 30.1. The van der Waals surface area contributed by atoms with E-state index in [-0.39, 0.29) is 12.5 Å². The van der Waals surface area contributed by atoms with Crippen LogP contribution in [0.5, 0.6) is 0 Å². The minimum absolute atomic E-state index is 0.0115. The number of phosphoric ester groups is 1. The Kier molecular flexibility index (Phi) is 48.8. The first kappa shape index (κ1) is 66.2. The summed E-state index contributed by atoms with van der Waals surface area (Å²) >= 11 is 0. The third-order valence-corrected chi connectivity index (χ3v) is 13.6. The first-order valence-electron chi connectivity index (χ1n) is 28.7. The molecule has 8 nitrogen and oxygen atoms in total. The van der Waals surface area contributed by atoms with Gasteiger partial charge < -0.3 is 28.8 Å². The fourth-order valence-corrected chi connectivity index (χ4v) is 8.88. The van der Waals surface area contributed by atoms with Crippen LogP contribution in [0, 0.1) is 0 Å². The molecule has 3 atom stereocenters. The SMILES string of the molecule is CCCCCCC/C=C\C/C=C\CCCCCCCCCCCC(=O)NC(COP(=O)([O-])OCC[N+](C)(C)C)C(O)/C=C/CC/C=C/CC/C=C/CCCCCCCCCCCCCCCCC. The minimum atomic E-state index is -4.61. The van der Waals surface area contributed by atoms with Crippen molar-refractivity contribution in [2.24, 2.45) is 0 Å². The van der Waals surface area contributed by atoms with Crippen molar-refractivity contribution >= 4 is 13.7 Å². The van der Waals surface area contributed by atoms with Crippen LogP contribution in [-0.2, 0) is 18.4 Å². The molecule has 0 radical (unpaired) electrons. The Morgan fingerprint density at radius 2 is 0.868 bits per heavy atom. The monoisotopic (exact) mass is 975 g/mol. The van der Waals surface area contributed by atoms with E-state index in [0.29, 0.717) is 17.4 Å². The maximum atomic E-state index is 12.9. The molecule has 0 bridgehead atoms. The second-order valence-corrected chi connectivity index (χ2v) is 22.0. The molecule has 0 aromatic carbocycles. The Bertz CT molecular complexity index is 1290. The zero-order valence-electron chi connectivity index (χ0n) is 45.3. The summed E-state index contributed by atoms with van der Waals surface area (Å²) in [7, 11) is 1.23. The number of phosphoric acid groups is 1. The number of allylic oxidation sites excluding steroid dienone is 9. The number of amides is 1. The lowest BCUT2D eigenvalue weighted by atomic mass is 10.0. The number of hydrogen-bond acceptors (Lipinski definition) is 6. The zero-order valence-corrected chi connectivity index (χ0v) is 46.2. The molecule has 0 spiro atoms. The Hall–Kier alpha value is -1.80. The van der Waals surface area contributed by atoms with Gasteiger partial charge in [0.05, 0.1) is 39.9 Å². The average Bonchev–Trinajstić information content (AvgIpc) is 3.30. The molecule has 0 saturated heterocycles. The van der Waals surface area contributed by atoms with Gasteiger partial charge in [-0.1, -0.05) is 235 Å². The number of rotatable bonds is 52. The van der Waals surface area contributed by atoms with Crippen LogP contribution < -0.4 is 10.2 Å². The highest BCUT2D eigenvalue weighted by Crippen LogP contribution is 2.38. The van der Waals surface area contributed by atoms with Gasteiger partial charge in [0.15, 0.2) is 0 Å². The van der Waals surface area contributed by atoms with Crippen molar-refractivity contribution in [2.75, 3.05) is 40.9 Å². The number of aliphatic hydroxyl groups is 1. The van der Waals surface area contributed by atoms with E-state index in [9.17, 15) is 19.4 Å². The number of carbonyl (C=O) groups excluding carboxylic acids is 1. The fourth-order valence-electron chi connectivity index (χ4n) is 8.16. The highest BCUT2D eigenvalue weighted by molar-refractivity contribution is 7.45. The maximum absolute atomic E-state index is 12.9. The van der Waals surface area contributed by atoms with Crippen molar-refractivity contribution in [3.05, 3.63) is 60.8 Å². The van der Waals surface area contributed by atoms with Crippen LogP contribution in [-0.4, -0.2) is 68.5 Å². The molecule has 0 aliphatic carbocycles. The van der Waals surface area contributed by atoms with E-state index in [1.54, 1.807) is 6.08 Å². The number of hydrogen-bond donors (Lipinski definition) is 2. The van der Waals surface area contributed by atoms with E-state index in [4.69, 9.17) is 9.05 Å². The van der Waals surface area contributed by atoms with Crippen molar-refractivity contribution in [3.8, 4) is 0 Å². The van der Waals surface area contributed by atoms with Crippen molar-refractivity contribution in [1.82, 2.24) is 5.32 Å². The van der Waals surface area contributed by atoms with E-state index in [1.807, 2.05) is 27.2 Å². The largest absolute Gasteiger partial charge is 0.756 e. The number of aliphatic hydroxyl groups excluding tert-OH is 1. The van der Waals surface area contributed by atoms with Gasteiger partial charge in [-0.2, -0.15) is 0 Å². The Labute approximate surface area is 422 Å². The summed E-state index contributed by atoms with van der Waals surface area (Å²) in [6.45, 7) is 4.62. The molecule has 0 aliphatic rings. The Morgan fingerprint density at radius 1 is 0.515 bits per heavy atom. The minimum Gasteiger partial charge on any atom is -0.756 e. The van der Waals surface area contributed by atoms with Gasteiger partial charge in [0, 0.05) is 6.42 Å². The third-order valence-electron chi connectivity index (χ3n) is 12.7. The van der Waals surface area contributed by atoms with Gasteiger partial charge in [-0.25, -0.2) is 0 Å². The number of likely N-dealkylation sites (N-methyl/N-ethyl adjacent to an activating group) is 1. The number of unbranched alkanes of at least 4 members (excludes halogenated alkanes) is 31. The van der Waals surface area contributed by atoms with Crippen molar-refractivity contribution in [1.29, 1.82) is 0 Å². The lowest BCUT2D eigenvalue weighted by Gasteiger charge is -2.29. The summed E-state index contributed by atoms with van der Waals surface area (Å²) in [5, 5.41) is 13.9. The zero-order chi connectivity index (χ0) is 49.9. The number of nitrogens with zero attached hydrogens (tertiary/aromatic N) is 1. The topological polar surface area (TPSA) is 108 Å². The molecule has 0 aromatic rings. The van der Waals surface area contributed by atoms with Gasteiger partial charge >= 0.3 is 0 Å². The van der Waals surface area contributed by atoms with Crippen molar-refractivity contribution < 1.29 is 32.9 Å². The lowest BCUT2D eigenvalue weighted by molar-refractivity contribution is -0.870. The number of nitrogens with one attached hydrogen (secondary N) is 1. The van der Waals surface area contributed by atoms with Gasteiger partial charge in [0.25, 0.3) is 7.82 Å². The van der Waals surface area contributed by atoms with Gasteiger partial charge in [-0.05, 0) is 77.0 Å². The Morgan fingerprint density at radius 3 is 1.28 bits per heavy atom. The molecule has 0 saturated carbocycles. The van der Waals surface area contributed by atoms with E-state index in [2.05, 4.69) is 67.8 Å². The second-order valence-electron chi connectivity index (χ2n) is 20.6. The van der Waals surface area contributed by atoms with Crippen LogP contribution in [0.3, 0.4) is 0 Å². The molecule has 1 amide bonds. The molecule has 0 aromatic heterocycles. The molecule has 2 N–H and O–H groups in total. The molecular weight excluding hydrogens is 864 g/mol. The maximum Gasteiger partial charge on any atom is 0.268 e. The summed E-state index contributed by atoms with van der Waals surface area (Å²) in [5.74, 6) is -0.215. The summed E-state index contributed by atoms with van der Waals surface area (Å²) < 4.78 is 23.3. The van der Waals surface area contributed by atoms with Crippen LogP contribution >= 0.6 is 7.82 Å². The van der Waals surface area contributed by atoms with Gasteiger partial charge in [0.2, 0.25) is 5.91 Å². The molecular formula is C59H111N2O6P. The van der Waals surface area contributed by atoms with E-state index in [0.717, 1.165) is 51.4 Å². The molecule has 68 heavy (non-hydrogen) atoms. The fraction of sp³-hybridized carbons (Fsp3) is 0.814. The van der Waals surface area contributed by atoms with Crippen LogP contribution in [0.25, 0.3) is 0 Å². The molecule has 0 fully saturated rings. The van der Waals surface area contributed by atoms with Gasteiger partial charge in [-0.15, -0.1) is 0 Å². The summed E-state index contributed by atoms with van der Waals surface area (Å²) in [4.78, 5) is 25.5. The standard InChI is InChI=1S/C59H111N2O6P/c1-6-8-10-12-14-16-18-20-22-24-26-28-29-30-31-33-34-36-38-40-42-44-46-48-50-52-58(62)57(56-67-68(64,65)66-55-54-61(3,4)5)60-59(63)53-51-49-47-45-43-41-39-37-35-32-27-25-23-21-19-17-15-13-11-9-7-2/h19,21,25,27,34,36,42,44,50,52,57-58,62H,6-18,20,22-24,26,28-33,35,37-41,43,45-49,51,53-56H2,1-5H3,(H-,60,63,64,65)/b21-19-,27-25-,36-34+,44-42+,52-50+. The summed E-state index contributed by atoms with van der Waals surface area (Å²) in [6, 6.07) is -0.915. The van der Waals surface area contributed by atoms with Gasteiger partial charge in [0.1, 0.15) is 13.2 Å². The highest BCUT2D eigenvalue weighted by Gasteiger charge is 2.23. The Balaban J connectivity index is 4.31. The molecule has 398 valence electrons. The van der Waals surface area contributed by atoms with Crippen LogP contribution in [0.2, 0.25) is 0 Å². The summed E-state index contributed by atoms with van der Waals surface area (Å²) in [6.07, 6.45) is 67.3. The number of carbonyl (C=O) groups is 1. The molecule has 0 rings (SSSR count). The number of quaternary nitrogens is 1. The van der Waals surface area contributed by atoms with Crippen LogP contribution in [0.4, 0.5) is 0 Å². The van der Waals surface area contributed by atoms with Gasteiger partial charge in [-0.3, -0.25) is 9.36 Å². The normalized spacial score (nSPS) is 14.4. The quantitative estimate of drug-likeness (QED) is 0.0272. The third kappa shape index (κ3) is 52.0. The predicted octanol–water partition coefficient (Wildman–Crippen LogP) is 16.7. The predicted molar refractivity (Wildman–Crippen MR) is 293 cm³/mol. The van der Waals surface area contributed by atoms with Crippen molar-refractivity contribution in [2.45, 2.75) is 270 Å². The second kappa shape index (κ2) is 50.2. The van der Waals surface area contributed by atoms with Crippen LogP contribution in [0.15, 0.2) is 60.8 Å². The van der Waals surface area contributed by atoms with Crippen LogP contribution in [0.1, 0.15) is 258 Å². The lowest BCUT2D eigenvalue weighted by Crippen LogP contribution is -2.45. The molecule has 0 aliphatic heterocycles. The molecule has 9 heteroatoms. The molecule has 3 unspecified atom stereocenters. The van der Waals surface area contributed by atoms with E-state index in [1.165, 1.54) is 186 Å². The average molecular weight is 976 g/mol. The van der Waals surface area contributed by atoms with E-state index < -0.39 is 26.6 Å². The smallest absolute Gasteiger partial charge is 0.268 e. The highest BCUT2D eigenvalue weighted by atomic mass is 31.2. The summed E-state index contributed by atoms with van der Waals surface area (Å²) in [5.41, 5.74) is 0. The first-order chi connectivity index (χ1) is 33.0.